The summed E-state index contributed by atoms with van der Waals surface area (Å²) in [4.78, 5) is 0. The summed E-state index contributed by atoms with van der Waals surface area (Å²) in [6.07, 6.45) is 0. The van der Waals surface area contributed by atoms with Crippen LogP contribution in [-0.4, -0.2) is 6.54 Å². The van der Waals surface area contributed by atoms with Gasteiger partial charge in [0, 0.05) is 5.56 Å². The smallest absolute Gasteiger partial charge is 0.128 e. The molecule has 3 heteroatoms. The van der Waals surface area contributed by atoms with Crippen LogP contribution >= 0.6 is 0 Å². The third kappa shape index (κ3) is 2.88. The third-order valence-electron chi connectivity index (χ3n) is 3.47. The van der Waals surface area contributed by atoms with Gasteiger partial charge in [0.2, 0.25) is 0 Å². The van der Waals surface area contributed by atoms with Gasteiger partial charge in [0.15, 0.2) is 0 Å². The van der Waals surface area contributed by atoms with Crippen molar-refractivity contribution in [1.29, 1.82) is 0 Å². The first-order valence-electron chi connectivity index (χ1n) is 6.79. The van der Waals surface area contributed by atoms with E-state index >= 15 is 0 Å². The molecule has 2 aromatic rings. The summed E-state index contributed by atoms with van der Waals surface area (Å²) >= 11 is 0. The molecule has 0 aromatic heterocycles. The Labute approximate surface area is 118 Å². The fraction of sp³-hybridized carbons (Fsp3) is 0.294. The van der Waals surface area contributed by atoms with E-state index in [0.29, 0.717) is 12.1 Å². The van der Waals surface area contributed by atoms with Gasteiger partial charge < -0.3 is 5.32 Å². The van der Waals surface area contributed by atoms with Crippen LogP contribution in [0.2, 0.25) is 0 Å². The molecule has 1 atom stereocenters. The average molecular weight is 275 g/mol. The van der Waals surface area contributed by atoms with E-state index in [-0.39, 0.29) is 17.7 Å². The lowest BCUT2D eigenvalue weighted by Crippen LogP contribution is -2.24. The summed E-state index contributed by atoms with van der Waals surface area (Å²) in [5, 5.41) is 3.29. The molecule has 0 saturated heterocycles. The Morgan fingerprint density at radius 1 is 1.05 bits per heavy atom. The molecule has 20 heavy (non-hydrogen) atoms. The second-order valence-corrected chi connectivity index (χ2v) is 4.97. The highest BCUT2D eigenvalue weighted by molar-refractivity contribution is 5.42. The van der Waals surface area contributed by atoms with Crippen LogP contribution in [0.5, 0.6) is 0 Å². The maximum atomic E-state index is 14.1. The highest BCUT2D eigenvalue weighted by Gasteiger charge is 2.20. The van der Waals surface area contributed by atoms with Gasteiger partial charge in [0.05, 0.1) is 6.04 Å². The number of hydrogen-bond acceptors (Lipinski definition) is 1. The van der Waals surface area contributed by atoms with Crippen LogP contribution in [0.3, 0.4) is 0 Å². The number of hydrogen-bond donors (Lipinski definition) is 1. The third-order valence-corrected chi connectivity index (χ3v) is 3.47. The first kappa shape index (κ1) is 14.7. The van der Waals surface area contributed by atoms with Crippen LogP contribution in [0.4, 0.5) is 8.78 Å². The first-order chi connectivity index (χ1) is 9.54. The van der Waals surface area contributed by atoms with E-state index in [0.717, 1.165) is 16.7 Å². The van der Waals surface area contributed by atoms with Crippen molar-refractivity contribution in [3.05, 3.63) is 70.3 Å². The maximum absolute atomic E-state index is 14.1. The van der Waals surface area contributed by atoms with Crippen molar-refractivity contribution < 1.29 is 8.78 Å². The van der Waals surface area contributed by atoms with Crippen LogP contribution in [0.15, 0.2) is 36.4 Å². The summed E-state index contributed by atoms with van der Waals surface area (Å²) in [5.74, 6) is -0.505. The standard InChI is InChI=1S/C17H19F2N/c1-4-20-17(14-7-5-6-8-15(14)19)16-11(2)9-13(18)10-12(16)3/h5-10,17,20H,4H2,1-3H3. The summed E-state index contributed by atoms with van der Waals surface area (Å²) in [7, 11) is 0. The molecule has 2 rings (SSSR count). The second kappa shape index (κ2) is 6.14. The van der Waals surface area contributed by atoms with Crippen molar-refractivity contribution in [1.82, 2.24) is 5.32 Å². The minimum Gasteiger partial charge on any atom is -0.306 e. The van der Waals surface area contributed by atoms with Crippen molar-refractivity contribution >= 4 is 0 Å². The molecule has 106 valence electrons. The van der Waals surface area contributed by atoms with Crippen molar-refractivity contribution in [2.24, 2.45) is 0 Å². The van der Waals surface area contributed by atoms with E-state index in [1.54, 1.807) is 12.1 Å². The molecule has 1 N–H and O–H groups in total. The number of halogens is 2. The SMILES string of the molecule is CCNC(c1ccccc1F)c1c(C)cc(F)cc1C. The van der Waals surface area contributed by atoms with Crippen molar-refractivity contribution in [3.63, 3.8) is 0 Å². The van der Waals surface area contributed by atoms with E-state index in [1.165, 1.54) is 18.2 Å². The number of rotatable bonds is 4. The largest absolute Gasteiger partial charge is 0.306 e. The predicted molar refractivity (Wildman–Crippen MR) is 77.8 cm³/mol. The fourth-order valence-electron chi connectivity index (χ4n) is 2.66. The molecule has 0 aliphatic heterocycles. The fourth-order valence-corrected chi connectivity index (χ4v) is 2.66. The molecule has 0 saturated carbocycles. The minimum absolute atomic E-state index is 0.249. The van der Waals surface area contributed by atoms with E-state index in [9.17, 15) is 8.78 Å². The van der Waals surface area contributed by atoms with Gasteiger partial charge in [-0.3, -0.25) is 0 Å². The Kier molecular flexibility index (Phi) is 4.50. The molecule has 0 amide bonds. The molecule has 1 unspecified atom stereocenters. The Morgan fingerprint density at radius 3 is 2.20 bits per heavy atom. The van der Waals surface area contributed by atoms with Gasteiger partial charge in [0.1, 0.15) is 11.6 Å². The second-order valence-electron chi connectivity index (χ2n) is 4.97. The van der Waals surface area contributed by atoms with Gasteiger partial charge in [-0.05, 0) is 55.3 Å². The van der Waals surface area contributed by atoms with Gasteiger partial charge in [-0.15, -0.1) is 0 Å². The molecule has 0 spiro atoms. The van der Waals surface area contributed by atoms with Crippen LogP contribution in [0, 0.1) is 25.5 Å². The molecule has 0 aliphatic carbocycles. The van der Waals surface area contributed by atoms with Crippen molar-refractivity contribution in [2.75, 3.05) is 6.54 Å². The van der Waals surface area contributed by atoms with E-state index in [2.05, 4.69) is 5.32 Å². The lowest BCUT2D eigenvalue weighted by atomic mass is 9.91. The van der Waals surface area contributed by atoms with E-state index < -0.39 is 0 Å². The number of aryl methyl sites for hydroxylation is 2. The van der Waals surface area contributed by atoms with E-state index in [1.807, 2.05) is 26.8 Å². The van der Waals surface area contributed by atoms with Crippen molar-refractivity contribution in [2.45, 2.75) is 26.8 Å². The van der Waals surface area contributed by atoms with Gasteiger partial charge in [0.25, 0.3) is 0 Å². The summed E-state index contributed by atoms with van der Waals surface area (Å²) in [6, 6.07) is 9.44. The highest BCUT2D eigenvalue weighted by Crippen LogP contribution is 2.30. The molecule has 0 bridgehead atoms. The molecule has 0 radical (unpaired) electrons. The van der Waals surface area contributed by atoms with Gasteiger partial charge in [-0.25, -0.2) is 8.78 Å². The van der Waals surface area contributed by atoms with Crippen LogP contribution in [0.25, 0.3) is 0 Å². The Hall–Kier alpha value is -1.74. The number of benzene rings is 2. The zero-order chi connectivity index (χ0) is 14.7. The van der Waals surface area contributed by atoms with Crippen LogP contribution < -0.4 is 5.32 Å². The minimum atomic E-state index is -0.262. The Bertz CT molecular complexity index is 585. The zero-order valence-electron chi connectivity index (χ0n) is 12.0. The quantitative estimate of drug-likeness (QED) is 0.878. The highest BCUT2D eigenvalue weighted by atomic mass is 19.1. The van der Waals surface area contributed by atoms with Gasteiger partial charge >= 0.3 is 0 Å². The van der Waals surface area contributed by atoms with Crippen molar-refractivity contribution in [3.8, 4) is 0 Å². The van der Waals surface area contributed by atoms with Gasteiger partial charge in [-0.1, -0.05) is 25.1 Å². The monoisotopic (exact) mass is 275 g/mol. The summed E-state index contributed by atoms with van der Waals surface area (Å²) in [5.41, 5.74) is 3.19. The predicted octanol–water partition coefficient (Wildman–Crippen LogP) is 4.28. The molecular weight excluding hydrogens is 256 g/mol. The lowest BCUT2D eigenvalue weighted by molar-refractivity contribution is 0.554. The normalized spacial score (nSPS) is 12.4. The topological polar surface area (TPSA) is 12.0 Å². The maximum Gasteiger partial charge on any atom is 0.128 e. The number of nitrogens with one attached hydrogen (secondary N) is 1. The zero-order valence-corrected chi connectivity index (χ0v) is 12.0. The van der Waals surface area contributed by atoms with Crippen LogP contribution in [0.1, 0.15) is 35.2 Å². The lowest BCUT2D eigenvalue weighted by Gasteiger charge is -2.23. The molecule has 0 fully saturated rings. The molecule has 0 heterocycles. The first-order valence-corrected chi connectivity index (χ1v) is 6.79. The Balaban J connectivity index is 2.58. The van der Waals surface area contributed by atoms with Gasteiger partial charge in [-0.2, -0.15) is 0 Å². The van der Waals surface area contributed by atoms with Crippen LogP contribution in [-0.2, 0) is 0 Å². The average Bonchev–Trinajstić information content (AvgIpc) is 2.37. The molecule has 0 aliphatic rings. The summed E-state index contributed by atoms with van der Waals surface area (Å²) in [6.45, 7) is 6.39. The summed E-state index contributed by atoms with van der Waals surface area (Å²) < 4.78 is 27.5. The molecule has 2 aromatic carbocycles. The molecule has 1 nitrogen and oxygen atoms in total. The van der Waals surface area contributed by atoms with E-state index in [4.69, 9.17) is 0 Å². The Morgan fingerprint density at radius 2 is 1.65 bits per heavy atom. The molecular formula is C17H19F2N.